The number of carbonyl (C=O) groups excluding carboxylic acids is 1. The standard InChI is InChI=1S/C21H16BrNO2/c1-25-20-9-6-15(22)12-19(20)21(24)23-16-7-8-18-14(11-16)10-13-4-2-3-5-17(13)18/h2-9,11-12H,10H2,1H3,(H,23,24). The molecule has 0 heterocycles. The number of carbonyl (C=O) groups is 1. The number of fused-ring (bicyclic) bond motifs is 3. The summed E-state index contributed by atoms with van der Waals surface area (Å²) in [5.41, 5.74) is 6.38. The summed E-state index contributed by atoms with van der Waals surface area (Å²) in [5, 5.41) is 2.98. The highest BCUT2D eigenvalue weighted by Crippen LogP contribution is 2.37. The number of halogens is 1. The lowest BCUT2D eigenvalue weighted by molar-refractivity contribution is 0.102. The van der Waals surface area contributed by atoms with Crippen LogP contribution < -0.4 is 10.1 Å². The molecule has 3 nitrogen and oxygen atoms in total. The quantitative estimate of drug-likeness (QED) is 0.513. The molecule has 0 aliphatic heterocycles. The average molecular weight is 394 g/mol. The molecular formula is C21H16BrNO2. The lowest BCUT2D eigenvalue weighted by Crippen LogP contribution is -2.13. The number of benzene rings is 3. The third-order valence-electron chi connectivity index (χ3n) is 4.46. The largest absolute Gasteiger partial charge is 0.496 e. The first-order chi connectivity index (χ1) is 12.2. The summed E-state index contributed by atoms with van der Waals surface area (Å²) in [6, 6.07) is 19.9. The van der Waals surface area contributed by atoms with Crippen molar-refractivity contribution in [3.8, 4) is 16.9 Å². The maximum Gasteiger partial charge on any atom is 0.259 e. The van der Waals surface area contributed by atoms with Crippen LogP contribution in [0.1, 0.15) is 21.5 Å². The van der Waals surface area contributed by atoms with Crippen molar-refractivity contribution in [1.29, 1.82) is 0 Å². The first kappa shape index (κ1) is 15.9. The average Bonchev–Trinajstić information content (AvgIpc) is 2.99. The highest BCUT2D eigenvalue weighted by molar-refractivity contribution is 9.10. The van der Waals surface area contributed by atoms with E-state index in [2.05, 4.69) is 57.6 Å². The Morgan fingerprint density at radius 3 is 2.64 bits per heavy atom. The van der Waals surface area contributed by atoms with E-state index in [9.17, 15) is 4.79 Å². The van der Waals surface area contributed by atoms with Crippen molar-refractivity contribution < 1.29 is 9.53 Å². The number of ether oxygens (including phenoxy) is 1. The molecule has 0 atom stereocenters. The number of rotatable bonds is 3. The van der Waals surface area contributed by atoms with Crippen molar-refractivity contribution in [2.45, 2.75) is 6.42 Å². The third-order valence-corrected chi connectivity index (χ3v) is 4.95. The van der Waals surface area contributed by atoms with Crippen molar-refractivity contribution in [2.75, 3.05) is 12.4 Å². The molecule has 3 aromatic rings. The molecule has 0 bridgehead atoms. The summed E-state index contributed by atoms with van der Waals surface area (Å²) in [4.78, 5) is 12.7. The molecule has 4 heteroatoms. The van der Waals surface area contributed by atoms with Gasteiger partial charge in [-0.15, -0.1) is 0 Å². The van der Waals surface area contributed by atoms with Crippen LogP contribution in [-0.4, -0.2) is 13.0 Å². The van der Waals surface area contributed by atoms with Gasteiger partial charge in [0.15, 0.2) is 0 Å². The lowest BCUT2D eigenvalue weighted by atomic mass is 10.1. The molecule has 4 rings (SSSR count). The molecule has 1 aliphatic carbocycles. The van der Waals surface area contributed by atoms with Crippen LogP contribution in [0.15, 0.2) is 65.1 Å². The van der Waals surface area contributed by atoms with E-state index in [1.165, 1.54) is 22.3 Å². The summed E-state index contributed by atoms with van der Waals surface area (Å²) >= 11 is 3.40. The zero-order valence-electron chi connectivity index (χ0n) is 13.7. The Labute approximate surface area is 154 Å². The van der Waals surface area contributed by atoms with E-state index >= 15 is 0 Å². The number of hydrogen-bond acceptors (Lipinski definition) is 2. The number of amides is 1. The summed E-state index contributed by atoms with van der Waals surface area (Å²) in [5.74, 6) is 0.364. The number of nitrogens with one attached hydrogen (secondary N) is 1. The second-order valence-electron chi connectivity index (χ2n) is 6.00. The fourth-order valence-corrected chi connectivity index (χ4v) is 3.64. The maximum absolute atomic E-state index is 12.7. The Morgan fingerprint density at radius 2 is 1.80 bits per heavy atom. The molecular weight excluding hydrogens is 378 g/mol. The van der Waals surface area contributed by atoms with Crippen molar-refractivity contribution >= 4 is 27.5 Å². The number of anilines is 1. The summed E-state index contributed by atoms with van der Waals surface area (Å²) in [6.07, 6.45) is 0.898. The first-order valence-electron chi connectivity index (χ1n) is 8.02. The molecule has 1 N–H and O–H groups in total. The van der Waals surface area contributed by atoms with Gasteiger partial charge < -0.3 is 10.1 Å². The van der Waals surface area contributed by atoms with E-state index in [1.807, 2.05) is 12.1 Å². The van der Waals surface area contributed by atoms with Crippen molar-refractivity contribution in [2.24, 2.45) is 0 Å². The molecule has 25 heavy (non-hydrogen) atoms. The molecule has 0 spiro atoms. The highest BCUT2D eigenvalue weighted by Gasteiger charge is 2.19. The van der Waals surface area contributed by atoms with E-state index in [-0.39, 0.29) is 5.91 Å². The molecule has 0 fully saturated rings. The minimum Gasteiger partial charge on any atom is -0.496 e. The monoisotopic (exact) mass is 393 g/mol. The van der Waals surface area contributed by atoms with Gasteiger partial charge in [0.05, 0.1) is 12.7 Å². The minimum absolute atomic E-state index is 0.186. The van der Waals surface area contributed by atoms with Crippen LogP contribution in [0.4, 0.5) is 5.69 Å². The number of hydrogen-bond donors (Lipinski definition) is 1. The van der Waals surface area contributed by atoms with Crippen LogP contribution in [0.2, 0.25) is 0 Å². The number of methoxy groups -OCH3 is 1. The van der Waals surface area contributed by atoms with E-state index in [0.717, 1.165) is 16.6 Å². The second kappa shape index (κ2) is 6.37. The fourth-order valence-electron chi connectivity index (χ4n) is 3.28. The summed E-state index contributed by atoms with van der Waals surface area (Å²) < 4.78 is 6.13. The summed E-state index contributed by atoms with van der Waals surface area (Å²) in [7, 11) is 1.56. The predicted octanol–water partition coefficient (Wildman–Crippen LogP) is 5.28. The fraction of sp³-hybridized carbons (Fsp3) is 0.0952. The Bertz CT molecular complexity index is 981. The van der Waals surface area contributed by atoms with E-state index in [0.29, 0.717) is 11.3 Å². The molecule has 0 saturated carbocycles. The van der Waals surface area contributed by atoms with Gasteiger partial charge in [-0.2, -0.15) is 0 Å². The Kier molecular flexibility index (Phi) is 4.06. The molecule has 1 aliphatic rings. The Balaban J connectivity index is 1.62. The van der Waals surface area contributed by atoms with Gasteiger partial charge in [0.25, 0.3) is 5.91 Å². The van der Waals surface area contributed by atoms with Gasteiger partial charge in [0, 0.05) is 10.2 Å². The predicted molar refractivity (Wildman–Crippen MR) is 103 cm³/mol. The van der Waals surface area contributed by atoms with Gasteiger partial charge >= 0.3 is 0 Å². The van der Waals surface area contributed by atoms with Crippen LogP contribution in [-0.2, 0) is 6.42 Å². The summed E-state index contributed by atoms with van der Waals surface area (Å²) in [6.45, 7) is 0. The molecule has 0 aromatic heterocycles. The van der Waals surface area contributed by atoms with Crippen LogP contribution in [0.25, 0.3) is 11.1 Å². The topological polar surface area (TPSA) is 38.3 Å². The van der Waals surface area contributed by atoms with Crippen LogP contribution in [0, 0.1) is 0 Å². The Hall–Kier alpha value is -2.59. The van der Waals surface area contributed by atoms with Gasteiger partial charge in [-0.3, -0.25) is 4.79 Å². The van der Waals surface area contributed by atoms with E-state index in [1.54, 1.807) is 19.2 Å². The highest BCUT2D eigenvalue weighted by atomic mass is 79.9. The van der Waals surface area contributed by atoms with Gasteiger partial charge in [0.2, 0.25) is 0 Å². The van der Waals surface area contributed by atoms with E-state index in [4.69, 9.17) is 4.74 Å². The van der Waals surface area contributed by atoms with Gasteiger partial charge in [-0.1, -0.05) is 46.3 Å². The minimum atomic E-state index is -0.186. The van der Waals surface area contributed by atoms with Crippen LogP contribution in [0.5, 0.6) is 5.75 Å². The SMILES string of the molecule is COc1ccc(Br)cc1C(=O)Nc1ccc2c(c1)Cc1ccccc1-2. The first-order valence-corrected chi connectivity index (χ1v) is 8.81. The lowest BCUT2D eigenvalue weighted by Gasteiger charge is -2.11. The Morgan fingerprint density at radius 1 is 1.00 bits per heavy atom. The molecule has 0 radical (unpaired) electrons. The van der Waals surface area contributed by atoms with Crippen molar-refractivity contribution in [1.82, 2.24) is 0 Å². The van der Waals surface area contributed by atoms with Crippen molar-refractivity contribution in [3.05, 3.63) is 81.8 Å². The maximum atomic E-state index is 12.7. The van der Waals surface area contributed by atoms with Gasteiger partial charge in [-0.25, -0.2) is 0 Å². The zero-order chi connectivity index (χ0) is 17.4. The zero-order valence-corrected chi connectivity index (χ0v) is 15.3. The molecule has 0 unspecified atom stereocenters. The van der Waals surface area contributed by atoms with Crippen molar-refractivity contribution in [3.63, 3.8) is 0 Å². The van der Waals surface area contributed by atoms with Crippen LogP contribution >= 0.6 is 15.9 Å². The molecule has 3 aromatic carbocycles. The van der Waals surface area contributed by atoms with Crippen LogP contribution in [0.3, 0.4) is 0 Å². The molecule has 124 valence electrons. The molecule has 1 amide bonds. The third kappa shape index (κ3) is 2.94. The van der Waals surface area contributed by atoms with Gasteiger partial charge in [-0.05, 0) is 59.0 Å². The van der Waals surface area contributed by atoms with E-state index < -0.39 is 0 Å². The molecule has 0 saturated heterocycles. The normalized spacial score (nSPS) is 11.6. The smallest absolute Gasteiger partial charge is 0.259 e. The van der Waals surface area contributed by atoms with Gasteiger partial charge in [0.1, 0.15) is 5.75 Å². The second-order valence-corrected chi connectivity index (χ2v) is 6.92.